The molecule has 0 aliphatic carbocycles. The maximum absolute atomic E-state index is 12.6. The Bertz CT molecular complexity index is 550. The van der Waals surface area contributed by atoms with Crippen molar-refractivity contribution < 1.29 is 14.3 Å². The van der Waals surface area contributed by atoms with Gasteiger partial charge in [0.15, 0.2) is 0 Å². The second-order valence-corrected chi connectivity index (χ2v) is 6.13. The summed E-state index contributed by atoms with van der Waals surface area (Å²) < 4.78 is 5.27. The lowest BCUT2D eigenvalue weighted by Gasteiger charge is -2.31. The van der Waals surface area contributed by atoms with Crippen molar-refractivity contribution in [3.8, 4) is 0 Å². The van der Waals surface area contributed by atoms with Crippen LogP contribution in [0.4, 0.5) is 0 Å². The number of morpholine rings is 1. The summed E-state index contributed by atoms with van der Waals surface area (Å²) in [6.45, 7) is 5.93. The van der Waals surface area contributed by atoms with Gasteiger partial charge < -0.3 is 20.7 Å². The van der Waals surface area contributed by atoms with Gasteiger partial charge in [-0.3, -0.25) is 9.59 Å². The maximum Gasteiger partial charge on any atom is 0.245 e. The van der Waals surface area contributed by atoms with Crippen LogP contribution in [0.1, 0.15) is 31.9 Å². The van der Waals surface area contributed by atoms with Gasteiger partial charge in [0.2, 0.25) is 11.8 Å². The predicted octanol–water partition coefficient (Wildman–Crippen LogP) is 1.50. The quantitative estimate of drug-likeness (QED) is 0.795. The number of ether oxygens (including phenoxy) is 1. The van der Waals surface area contributed by atoms with E-state index in [1.54, 1.807) is 11.8 Å². The Hall–Kier alpha value is -1.63. The number of halogens is 1. The Morgan fingerprint density at radius 1 is 1.24 bits per heavy atom. The van der Waals surface area contributed by atoms with Gasteiger partial charge in [-0.15, -0.1) is 12.4 Å². The number of carbonyl (C=O) groups excluding carboxylic acids is 2. The molecule has 6 nitrogen and oxygen atoms in total. The van der Waals surface area contributed by atoms with E-state index in [1.807, 2.05) is 37.3 Å². The van der Waals surface area contributed by atoms with Crippen LogP contribution in [0.3, 0.4) is 0 Å². The Morgan fingerprint density at radius 2 is 1.84 bits per heavy atom. The number of carbonyl (C=O) groups is 2. The third-order valence-corrected chi connectivity index (χ3v) is 4.48. The molecule has 3 atom stereocenters. The molecule has 1 aromatic carbocycles. The molecule has 3 N–H and O–H groups in total. The zero-order valence-electron chi connectivity index (χ0n) is 14.8. The number of hydrogen-bond acceptors (Lipinski definition) is 4. The molecule has 3 unspecified atom stereocenters. The van der Waals surface area contributed by atoms with E-state index in [0.717, 1.165) is 5.56 Å². The van der Waals surface area contributed by atoms with Gasteiger partial charge in [0.1, 0.15) is 6.04 Å². The molecule has 0 aromatic heterocycles. The lowest BCUT2D eigenvalue weighted by atomic mass is 9.94. The van der Waals surface area contributed by atoms with Crippen LogP contribution in [0.2, 0.25) is 0 Å². The molecule has 2 amide bonds. The van der Waals surface area contributed by atoms with Crippen LogP contribution in [0.25, 0.3) is 0 Å². The lowest BCUT2D eigenvalue weighted by molar-refractivity contribution is -0.140. The van der Waals surface area contributed by atoms with Crippen LogP contribution in [0.15, 0.2) is 30.3 Å². The predicted molar refractivity (Wildman–Crippen MR) is 99.4 cm³/mol. The van der Waals surface area contributed by atoms with Crippen molar-refractivity contribution in [1.29, 1.82) is 0 Å². The fourth-order valence-electron chi connectivity index (χ4n) is 2.77. The molecule has 1 aliphatic heterocycles. The van der Waals surface area contributed by atoms with Crippen molar-refractivity contribution in [3.05, 3.63) is 35.9 Å². The Labute approximate surface area is 155 Å². The van der Waals surface area contributed by atoms with Crippen LogP contribution in [0.5, 0.6) is 0 Å². The fraction of sp³-hybridized carbons (Fsp3) is 0.556. The minimum atomic E-state index is -0.513. The Morgan fingerprint density at radius 3 is 2.40 bits per heavy atom. The van der Waals surface area contributed by atoms with E-state index in [-0.39, 0.29) is 24.2 Å². The molecule has 0 bridgehead atoms. The average molecular weight is 370 g/mol. The normalized spacial score (nSPS) is 17.8. The van der Waals surface area contributed by atoms with Crippen molar-refractivity contribution in [1.82, 2.24) is 10.2 Å². The first-order valence-electron chi connectivity index (χ1n) is 8.52. The largest absolute Gasteiger partial charge is 0.378 e. The van der Waals surface area contributed by atoms with Crippen LogP contribution in [-0.4, -0.2) is 49.1 Å². The molecule has 0 saturated carbocycles. The zero-order chi connectivity index (χ0) is 17.5. The molecular formula is C18H28ClN3O3. The molecule has 1 fully saturated rings. The van der Waals surface area contributed by atoms with Gasteiger partial charge >= 0.3 is 0 Å². The maximum atomic E-state index is 12.6. The molecule has 1 aliphatic rings. The van der Waals surface area contributed by atoms with Gasteiger partial charge in [0.25, 0.3) is 0 Å². The number of rotatable bonds is 6. The molecule has 0 radical (unpaired) electrons. The van der Waals surface area contributed by atoms with Gasteiger partial charge in [-0.2, -0.15) is 0 Å². The summed E-state index contributed by atoms with van der Waals surface area (Å²) >= 11 is 0. The van der Waals surface area contributed by atoms with Crippen molar-refractivity contribution in [2.75, 3.05) is 26.3 Å². The number of nitrogens with zero attached hydrogens (tertiary/aromatic N) is 1. The van der Waals surface area contributed by atoms with Crippen molar-refractivity contribution in [2.45, 2.75) is 32.4 Å². The van der Waals surface area contributed by atoms with Crippen LogP contribution in [-0.2, 0) is 14.3 Å². The van der Waals surface area contributed by atoms with E-state index in [2.05, 4.69) is 5.32 Å². The first kappa shape index (κ1) is 21.4. The summed E-state index contributed by atoms with van der Waals surface area (Å²) in [6, 6.07) is 8.61. The number of nitrogens with two attached hydrogens (primary N) is 1. The fourth-order valence-corrected chi connectivity index (χ4v) is 2.77. The van der Waals surface area contributed by atoms with E-state index in [4.69, 9.17) is 10.5 Å². The molecule has 1 heterocycles. The topological polar surface area (TPSA) is 84.7 Å². The van der Waals surface area contributed by atoms with Crippen LogP contribution >= 0.6 is 12.4 Å². The summed E-state index contributed by atoms with van der Waals surface area (Å²) in [4.78, 5) is 26.8. The number of nitrogens with one attached hydrogen (secondary N) is 1. The number of hydrogen-bond donors (Lipinski definition) is 2. The summed E-state index contributed by atoms with van der Waals surface area (Å²) in [7, 11) is 0. The lowest BCUT2D eigenvalue weighted by Crippen LogP contribution is -2.52. The van der Waals surface area contributed by atoms with E-state index in [9.17, 15) is 9.59 Å². The van der Waals surface area contributed by atoms with E-state index in [0.29, 0.717) is 32.7 Å². The minimum absolute atomic E-state index is 0. The van der Waals surface area contributed by atoms with E-state index >= 15 is 0 Å². The molecule has 2 rings (SSSR count). The Balaban J connectivity index is 0.00000312. The molecular weight excluding hydrogens is 342 g/mol. The second kappa shape index (κ2) is 10.4. The molecule has 25 heavy (non-hydrogen) atoms. The number of benzene rings is 1. The van der Waals surface area contributed by atoms with Gasteiger partial charge in [-0.05, 0) is 12.0 Å². The molecule has 1 aromatic rings. The molecule has 140 valence electrons. The Kier molecular flexibility index (Phi) is 8.89. The van der Waals surface area contributed by atoms with Crippen molar-refractivity contribution in [2.24, 2.45) is 11.7 Å². The summed E-state index contributed by atoms with van der Waals surface area (Å²) in [5.41, 5.74) is 7.11. The second-order valence-electron chi connectivity index (χ2n) is 6.13. The van der Waals surface area contributed by atoms with E-state index in [1.165, 1.54) is 0 Å². The summed E-state index contributed by atoms with van der Waals surface area (Å²) in [5, 5.41) is 2.86. The highest BCUT2D eigenvalue weighted by atomic mass is 35.5. The minimum Gasteiger partial charge on any atom is -0.378 e. The standard InChI is InChI=1S/C18H27N3O3.ClH/c1-3-15(18(23)21-9-11-24-12-10-21)20-17(22)13(2)16(19)14-7-5-4-6-8-14;/h4-8,13,15-16H,3,9-12,19H2,1-2H3,(H,20,22);1H. The molecule has 1 saturated heterocycles. The van der Waals surface area contributed by atoms with Gasteiger partial charge in [-0.25, -0.2) is 0 Å². The third-order valence-electron chi connectivity index (χ3n) is 4.48. The highest BCUT2D eigenvalue weighted by molar-refractivity contribution is 5.88. The van der Waals surface area contributed by atoms with Gasteiger partial charge in [0.05, 0.1) is 19.1 Å². The smallest absolute Gasteiger partial charge is 0.245 e. The summed E-state index contributed by atoms with van der Waals surface area (Å²) in [6.07, 6.45) is 0.551. The SMILES string of the molecule is CCC(NC(=O)C(C)C(N)c1ccccc1)C(=O)N1CCOCC1.Cl. The first-order valence-corrected chi connectivity index (χ1v) is 8.52. The van der Waals surface area contributed by atoms with Crippen LogP contribution in [0, 0.1) is 5.92 Å². The van der Waals surface area contributed by atoms with Gasteiger partial charge in [-0.1, -0.05) is 44.2 Å². The summed E-state index contributed by atoms with van der Waals surface area (Å²) in [5.74, 6) is -0.659. The highest BCUT2D eigenvalue weighted by Gasteiger charge is 2.29. The van der Waals surface area contributed by atoms with Crippen molar-refractivity contribution >= 4 is 24.2 Å². The van der Waals surface area contributed by atoms with Crippen molar-refractivity contribution in [3.63, 3.8) is 0 Å². The van der Waals surface area contributed by atoms with E-state index < -0.39 is 18.0 Å². The van der Waals surface area contributed by atoms with Crippen LogP contribution < -0.4 is 11.1 Å². The van der Waals surface area contributed by atoms with Gasteiger partial charge in [0, 0.05) is 19.1 Å². The average Bonchev–Trinajstić information content (AvgIpc) is 2.65. The number of amides is 2. The zero-order valence-corrected chi connectivity index (χ0v) is 15.6. The first-order chi connectivity index (χ1) is 11.5. The molecule has 7 heteroatoms. The monoisotopic (exact) mass is 369 g/mol. The highest BCUT2D eigenvalue weighted by Crippen LogP contribution is 2.19. The third kappa shape index (κ3) is 5.70. The molecule has 0 spiro atoms.